The van der Waals surface area contributed by atoms with E-state index in [1.807, 2.05) is 0 Å². The van der Waals surface area contributed by atoms with Crippen molar-refractivity contribution in [1.82, 2.24) is 15.3 Å². The van der Waals surface area contributed by atoms with Gasteiger partial charge in [-0.2, -0.15) is 0 Å². The van der Waals surface area contributed by atoms with Crippen molar-refractivity contribution in [1.29, 1.82) is 0 Å². The number of rotatable bonds is 4. The summed E-state index contributed by atoms with van der Waals surface area (Å²) in [6.07, 6.45) is 6.99. The van der Waals surface area contributed by atoms with Crippen molar-refractivity contribution < 1.29 is 13.6 Å². The highest BCUT2D eigenvalue weighted by atomic mass is 19.2. The minimum absolute atomic E-state index is 0.212. The van der Waals surface area contributed by atoms with Crippen LogP contribution in [0, 0.1) is 11.6 Å². The number of hydrogen-bond acceptors (Lipinski definition) is 4. The van der Waals surface area contributed by atoms with E-state index >= 15 is 0 Å². The monoisotopic (exact) mass is 318 g/mol. The molecule has 1 saturated carbocycles. The Kier molecular flexibility index (Phi) is 4.45. The lowest BCUT2D eigenvalue weighted by atomic mass is 10.2. The second kappa shape index (κ2) is 6.68. The maximum Gasteiger partial charge on any atom is 0.271 e. The van der Waals surface area contributed by atoms with Gasteiger partial charge in [0.1, 0.15) is 11.5 Å². The van der Waals surface area contributed by atoms with Crippen molar-refractivity contribution in [3.8, 4) is 0 Å². The average molecular weight is 318 g/mol. The second-order valence-corrected chi connectivity index (χ2v) is 5.50. The number of anilines is 2. The molecule has 1 aliphatic carbocycles. The van der Waals surface area contributed by atoms with Crippen LogP contribution in [0.25, 0.3) is 0 Å². The fraction of sp³-hybridized carbons (Fsp3) is 0.312. The minimum Gasteiger partial charge on any atom is -0.348 e. The molecule has 7 heteroatoms. The van der Waals surface area contributed by atoms with Gasteiger partial charge >= 0.3 is 0 Å². The van der Waals surface area contributed by atoms with Gasteiger partial charge in [0, 0.05) is 17.8 Å². The first kappa shape index (κ1) is 15.3. The average Bonchev–Trinajstić information content (AvgIpc) is 3.04. The van der Waals surface area contributed by atoms with E-state index in [1.165, 1.54) is 18.5 Å². The van der Waals surface area contributed by atoms with Gasteiger partial charge in [0.15, 0.2) is 11.6 Å². The highest BCUT2D eigenvalue weighted by molar-refractivity contribution is 5.92. The van der Waals surface area contributed by atoms with Crippen LogP contribution in [0.15, 0.2) is 30.6 Å². The van der Waals surface area contributed by atoms with Crippen LogP contribution >= 0.6 is 0 Å². The molecule has 3 rings (SSSR count). The van der Waals surface area contributed by atoms with Gasteiger partial charge in [0.2, 0.25) is 0 Å². The lowest BCUT2D eigenvalue weighted by molar-refractivity contribution is 0.0932. The van der Waals surface area contributed by atoms with E-state index in [2.05, 4.69) is 20.6 Å². The fourth-order valence-electron chi connectivity index (χ4n) is 2.56. The van der Waals surface area contributed by atoms with Crippen LogP contribution in [0.4, 0.5) is 20.3 Å². The summed E-state index contributed by atoms with van der Waals surface area (Å²) in [6, 6.07) is 3.65. The van der Waals surface area contributed by atoms with Crippen LogP contribution in [0.5, 0.6) is 0 Å². The molecule has 23 heavy (non-hydrogen) atoms. The largest absolute Gasteiger partial charge is 0.348 e. The molecule has 2 aromatic rings. The Morgan fingerprint density at radius 3 is 2.52 bits per heavy atom. The van der Waals surface area contributed by atoms with Gasteiger partial charge in [-0.1, -0.05) is 12.8 Å². The molecule has 2 N–H and O–H groups in total. The van der Waals surface area contributed by atoms with Gasteiger partial charge in [-0.3, -0.25) is 4.79 Å². The fourth-order valence-corrected chi connectivity index (χ4v) is 2.56. The van der Waals surface area contributed by atoms with Crippen LogP contribution in [0.2, 0.25) is 0 Å². The molecule has 1 amide bonds. The van der Waals surface area contributed by atoms with Gasteiger partial charge in [-0.25, -0.2) is 18.7 Å². The third-order valence-corrected chi connectivity index (χ3v) is 3.77. The van der Waals surface area contributed by atoms with Crippen molar-refractivity contribution in [3.05, 3.63) is 47.9 Å². The van der Waals surface area contributed by atoms with E-state index in [-0.39, 0.29) is 17.6 Å². The number of nitrogens with one attached hydrogen (secondary N) is 2. The molecule has 0 unspecified atom stereocenters. The predicted molar refractivity (Wildman–Crippen MR) is 81.4 cm³/mol. The molecule has 120 valence electrons. The number of nitrogens with zero attached hydrogens (tertiary/aromatic N) is 2. The summed E-state index contributed by atoms with van der Waals surface area (Å²) in [5, 5.41) is 5.72. The smallest absolute Gasteiger partial charge is 0.271 e. The lowest BCUT2D eigenvalue weighted by Gasteiger charge is -2.11. The number of carbonyl (C=O) groups is 1. The summed E-state index contributed by atoms with van der Waals surface area (Å²) in [5.41, 5.74) is 0.578. The predicted octanol–water partition coefficient (Wildman–Crippen LogP) is 3.17. The molecule has 0 aliphatic heterocycles. The van der Waals surface area contributed by atoms with Gasteiger partial charge in [0.25, 0.3) is 5.91 Å². The summed E-state index contributed by atoms with van der Waals surface area (Å²) >= 11 is 0. The highest BCUT2D eigenvalue weighted by Crippen LogP contribution is 2.19. The van der Waals surface area contributed by atoms with E-state index < -0.39 is 11.6 Å². The van der Waals surface area contributed by atoms with Crippen LogP contribution in [-0.4, -0.2) is 21.9 Å². The molecular formula is C16H16F2N4O. The molecule has 0 spiro atoms. The first-order valence-corrected chi connectivity index (χ1v) is 7.47. The standard InChI is InChI=1S/C16H16F2N4O/c17-12-6-5-11(7-13(12)18)21-15-9-19-14(8-20-15)16(23)22-10-3-1-2-4-10/h5-10H,1-4H2,(H,20,21)(H,22,23). The Morgan fingerprint density at radius 2 is 1.87 bits per heavy atom. The van der Waals surface area contributed by atoms with Crippen LogP contribution in [0.3, 0.4) is 0 Å². The summed E-state index contributed by atoms with van der Waals surface area (Å²) in [5.74, 6) is -1.77. The Hall–Kier alpha value is -2.57. The highest BCUT2D eigenvalue weighted by Gasteiger charge is 2.18. The summed E-state index contributed by atoms with van der Waals surface area (Å²) < 4.78 is 26.0. The Bertz CT molecular complexity index is 700. The molecule has 1 fully saturated rings. The van der Waals surface area contributed by atoms with Crippen molar-refractivity contribution >= 4 is 17.4 Å². The zero-order valence-corrected chi connectivity index (χ0v) is 12.4. The Morgan fingerprint density at radius 1 is 1.09 bits per heavy atom. The quantitative estimate of drug-likeness (QED) is 0.908. The molecule has 1 heterocycles. The molecule has 0 saturated heterocycles. The molecule has 0 atom stereocenters. The summed E-state index contributed by atoms with van der Waals surface area (Å²) in [7, 11) is 0. The van der Waals surface area contributed by atoms with Gasteiger partial charge in [-0.15, -0.1) is 0 Å². The number of benzene rings is 1. The molecule has 0 radical (unpaired) electrons. The van der Waals surface area contributed by atoms with Crippen molar-refractivity contribution in [2.75, 3.05) is 5.32 Å². The topological polar surface area (TPSA) is 66.9 Å². The number of carbonyl (C=O) groups excluding carboxylic acids is 1. The SMILES string of the molecule is O=C(NC1CCCC1)c1cnc(Nc2ccc(F)c(F)c2)cn1. The second-order valence-electron chi connectivity index (χ2n) is 5.50. The third kappa shape index (κ3) is 3.80. The first-order chi connectivity index (χ1) is 11.1. The van der Waals surface area contributed by atoms with Crippen molar-refractivity contribution in [2.45, 2.75) is 31.7 Å². The molecule has 1 aromatic heterocycles. The maximum atomic E-state index is 13.1. The van der Waals surface area contributed by atoms with E-state index in [0.717, 1.165) is 37.8 Å². The lowest BCUT2D eigenvalue weighted by Crippen LogP contribution is -2.33. The van der Waals surface area contributed by atoms with Crippen molar-refractivity contribution in [3.63, 3.8) is 0 Å². The molecular weight excluding hydrogens is 302 g/mol. The zero-order valence-electron chi connectivity index (χ0n) is 12.4. The Balaban J connectivity index is 1.64. The minimum atomic E-state index is -0.949. The van der Waals surface area contributed by atoms with Crippen LogP contribution in [0.1, 0.15) is 36.2 Å². The van der Waals surface area contributed by atoms with Crippen molar-refractivity contribution in [2.24, 2.45) is 0 Å². The third-order valence-electron chi connectivity index (χ3n) is 3.77. The van der Waals surface area contributed by atoms with Crippen LogP contribution < -0.4 is 10.6 Å². The summed E-state index contributed by atoms with van der Waals surface area (Å²) in [6.45, 7) is 0. The maximum absolute atomic E-state index is 13.1. The molecule has 5 nitrogen and oxygen atoms in total. The normalized spacial score (nSPS) is 14.7. The Labute approximate surface area is 132 Å². The molecule has 1 aromatic carbocycles. The summed E-state index contributed by atoms with van der Waals surface area (Å²) in [4.78, 5) is 20.2. The molecule has 1 aliphatic rings. The van der Waals surface area contributed by atoms with E-state index in [0.29, 0.717) is 11.5 Å². The number of hydrogen-bond donors (Lipinski definition) is 2. The number of amides is 1. The number of aromatic nitrogens is 2. The van der Waals surface area contributed by atoms with E-state index in [4.69, 9.17) is 0 Å². The van der Waals surface area contributed by atoms with E-state index in [9.17, 15) is 13.6 Å². The van der Waals surface area contributed by atoms with Gasteiger partial charge in [-0.05, 0) is 25.0 Å². The van der Waals surface area contributed by atoms with Gasteiger partial charge < -0.3 is 10.6 Å². The molecule has 0 bridgehead atoms. The van der Waals surface area contributed by atoms with E-state index in [1.54, 1.807) is 0 Å². The number of halogens is 2. The zero-order chi connectivity index (χ0) is 16.2. The first-order valence-electron chi connectivity index (χ1n) is 7.47. The van der Waals surface area contributed by atoms with Crippen LogP contribution in [-0.2, 0) is 0 Å². The van der Waals surface area contributed by atoms with Gasteiger partial charge in [0.05, 0.1) is 12.4 Å².